The molecule has 1 amide bonds. The number of nitrogens with zero attached hydrogens (tertiary/aromatic N) is 6. The van der Waals surface area contributed by atoms with Crippen molar-refractivity contribution in [3.63, 3.8) is 0 Å². The molecule has 0 aliphatic heterocycles. The van der Waals surface area contributed by atoms with E-state index in [1.165, 1.54) is 4.90 Å². The highest BCUT2D eigenvalue weighted by Gasteiger charge is 2.25. The Morgan fingerprint density at radius 2 is 1.96 bits per heavy atom. The van der Waals surface area contributed by atoms with E-state index in [1.807, 2.05) is 31.3 Å². The van der Waals surface area contributed by atoms with E-state index in [4.69, 9.17) is 10.5 Å². The first-order valence-corrected chi connectivity index (χ1v) is 11.8. The minimum atomic E-state index is -0.595. The zero-order chi connectivity index (χ0) is 19.1. The smallest absolute Gasteiger partial charge is 0.415 e. The predicted molar refractivity (Wildman–Crippen MR) is 111 cm³/mol. The minimum absolute atomic E-state index is 0.339. The van der Waals surface area contributed by atoms with Crippen LogP contribution in [0.3, 0.4) is 0 Å². The van der Waals surface area contributed by atoms with Gasteiger partial charge in [0.15, 0.2) is 5.82 Å². The Kier molecular flexibility index (Phi) is 5.07. The highest BCUT2D eigenvalue weighted by Crippen LogP contribution is 2.38. The normalized spacial score (nSPS) is 12.2. The number of amides is 1. The molecule has 1 aromatic carbocycles. The molecule has 0 spiro atoms. The standard InChI is InChI=1S/C15H19IN7O2P/c1-15(2,3)25-14(24)21(4)13-12-10(17)5-9(22-7-18-19-8-22)6-11(12)23(20-13)26-16/h5-8,26H,17H2,1-4H3. The first-order valence-electron chi connectivity index (χ1n) is 7.72. The van der Waals surface area contributed by atoms with Gasteiger partial charge in [-0.2, -0.15) is 0 Å². The van der Waals surface area contributed by atoms with Crippen molar-refractivity contribution in [2.24, 2.45) is 0 Å². The van der Waals surface area contributed by atoms with Gasteiger partial charge in [-0.25, -0.2) is 9.25 Å². The molecule has 0 fully saturated rings. The zero-order valence-electron chi connectivity index (χ0n) is 14.8. The van der Waals surface area contributed by atoms with Crippen molar-refractivity contribution in [3.05, 3.63) is 24.8 Å². The van der Waals surface area contributed by atoms with E-state index in [2.05, 4.69) is 37.3 Å². The van der Waals surface area contributed by atoms with Gasteiger partial charge in [-0.05, 0) is 54.9 Å². The fourth-order valence-electron chi connectivity index (χ4n) is 2.44. The van der Waals surface area contributed by atoms with E-state index in [0.717, 1.165) is 11.2 Å². The Bertz CT molecular complexity index is 949. The number of rotatable bonds is 3. The summed E-state index contributed by atoms with van der Waals surface area (Å²) in [7, 11) is 1.63. The number of ether oxygens (including phenoxy) is 1. The van der Waals surface area contributed by atoms with Crippen LogP contribution in [0, 0.1) is 0 Å². The van der Waals surface area contributed by atoms with Crippen LogP contribution in [0.25, 0.3) is 16.6 Å². The lowest BCUT2D eigenvalue weighted by atomic mass is 10.2. The van der Waals surface area contributed by atoms with Gasteiger partial charge in [0.1, 0.15) is 18.3 Å². The van der Waals surface area contributed by atoms with Gasteiger partial charge in [-0.1, -0.05) is 0 Å². The molecule has 0 aliphatic carbocycles. The van der Waals surface area contributed by atoms with Crippen LogP contribution in [0.2, 0.25) is 0 Å². The van der Waals surface area contributed by atoms with E-state index in [0.29, 0.717) is 23.3 Å². The summed E-state index contributed by atoms with van der Waals surface area (Å²) in [5.74, 6) is 0.464. The maximum atomic E-state index is 12.5. The van der Waals surface area contributed by atoms with Crippen molar-refractivity contribution in [1.29, 1.82) is 0 Å². The first-order chi connectivity index (χ1) is 12.2. The molecule has 1 atom stereocenters. The number of hydrogen-bond acceptors (Lipinski definition) is 6. The van der Waals surface area contributed by atoms with Crippen molar-refractivity contribution in [2.45, 2.75) is 26.4 Å². The third-order valence-electron chi connectivity index (χ3n) is 3.56. The van der Waals surface area contributed by atoms with Gasteiger partial charge in [0, 0.05) is 12.7 Å². The van der Waals surface area contributed by atoms with Gasteiger partial charge in [0.25, 0.3) is 0 Å². The topological polar surface area (TPSA) is 104 Å². The summed E-state index contributed by atoms with van der Waals surface area (Å²) in [6.07, 6.45) is 3.05. The highest BCUT2D eigenvalue weighted by atomic mass is 127. The molecule has 0 radical (unpaired) electrons. The Hall–Kier alpha value is -1.94. The lowest BCUT2D eigenvalue weighted by Crippen LogP contribution is -2.34. The number of halogens is 1. The fraction of sp³-hybridized carbons (Fsp3) is 0.333. The number of benzene rings is 1. The van der Waals surface area contributed by atoms with Crippen molar-refractivity contribution < 1.29 is 9.53 Å². The molecule has 0 aliphatic rings. The highest BCUT2D eigenvalue weighted by molar-refractivity contribution is 14.2. The molecular weight excluding hydrogens is 468 g/mol. The minimum Gasteiger partial charge on any atom is -0.443 e. The molecule has 1 unspecified atom stereocenters. The second kappa shape index (κ2) is 6.99. The Morgan fingerprint density at radius 1 is 1.31 bits per heavy atom. The number of nitrogens with two attached hydrogens (primary N) is 1. The summed E-state index contributed by atoms with van der Waals surface area (Å²) in [5, 5.41) is 12.9. The van der Waals surface area contributed by atoms with Crippen molar-refractivity contribution >= 4 is 56.9 Å². The number of anilines is 2. The molecule has 3 rings (SSSR count). The molecule has 138 valence electrons. The quantitative estimate of drug-likeness (QED) is 0.345. The van der Waals surface area contributed by atoms with Crippen LogP contribution in [0.15, 0.2) is 24.8 Å². The fourth-order valence-corrected chi connectivity index (χ4v) is 3.94. The Labute approximate surface area is 165 Å². The summed E-state index contributed by atoms with van der Waals surface area (Å²) in [6.45, 7) is 5.46. The molecule has 2 heterocycles. The van der Waals surface area contributed by atoms with Crippen molar-refractivity contribution in [2.75, 3.05) is 17.7 Å². The molecule has 2 aromatic heterocycles. The van der Waals surface area contributed by atoms with Crippen LogP contribution in [-0.2, 0) is 4.74 Å². The molecule has 3 aromatic rings. The number of carbonyl (C=O) groups excluding carboxylic acids is 1. The van der Waals surface area contributed by atoms with Gasteiger partial charge < -0.3 is 10.5 Å². The van der Waals surface area contributed by atoms with E-state index < -0.39 is 11.7 Å². The van der Waals surface area contributed by atoms with Gasteiger partial charge in [-0.15, -0.1) is 15.3 Å². The maximum Gasteiger partial charge on any atom is 0.415 e. The number of hydrogen-bond donors (Lipinski definition) is 1. The van der Waals surface area contributed by atoms with Crippen molar-refractivity contribution in [1.82, 2.24) is 24.3 Å². The van der Waals surface area contributed by atoms with Crippen LogP contribution >= 0.6 is 28.4 Å². The average Bonchev–Trinajstić information content (AvgIpc) is 3.20. The summed E-state index contributed by atoms with van der Waals surface area (Å²) < 4.78 is 9.03. The van der Waals surface area contributed by atoms with E-state index in [1.54, 1.807) is 30.3 Å². The van der Waals surface area contributed by atoms with Crippen molar-refractivity contribution in [3.8, 4) is 5.69 Å². The molecule has 0 saturated heterocycles. The van der Waals surface area contributed by atoms with Crippen LogP contribution in [0.4, 0.5) is 16.3 Å². The zero-order valence-corrected chi connectivity index (χ0v) is 17.9. The Morgan fingerprint density at radius 3 is 2.54 bits per heavy atom. The molecular formula is C15H19IN7O2P. The number of nitrogen functional groups attached to an aromatic ring is 1. The van der Waals surface area contributed by atoms with Crippen LogP contribution in [0.5, 0.6) is 0 Å². The predicted octanol–water partition coefficient (Wildman–Crippen LogP) is 3.36. The summed E-state index contributed by atoms with van der Waals surface area (Å²) >= 11 is 2.24. The third-order valence-corrected chi connectivity index (χ3v) is 5.43. The Balaban J connectivity index is 2.11. The van der Waals surface area contributed by atoms with Crippen LogP contribution in [-0.4, -0.2) is 43.1 Å². The second-order valence-corrected chi connectivity index (χ2v) is 8.70. The monoisotopic (exact) mass is 487 g/mol. The number of aromatic nitrogens is 5. The first kappa shape index (κ1) is 18.8. The largest absolute Gasteiger partial charge is 0.443 e. The van der Waals surface area contributed by atoms with E-state index >= 15 is 0 Å². The molecule has 0 saturated carbocycles. The van der Waals surface area contributed by atoms with E-state index in [-0.39, 0.29) is 0 Å². The van der Waals surface area contributed by atoms with Gasteiger partial charge in [0.05, 0.1) is 23.0 Å². The molecule has 0 bridgehead atoms. The van der Waals surface area contributed by atoms with Crippen LogP contribution in [0.1, 0.15) is 20.8 Å². The van der Waals surface area contributed by atoms with Gasteiger partial charge in [-0.3, -0.25) is 9.47 Å². The molecule has 11 heteroatoms. The summed E-state index contributed by atoms with van der Waals surface area (Å²) in [6, 6.07) is 3.75. The molecule has 9 nitrogen and oxygen atoms in total. The molecule has 2 N–H and O–H groups in total. The average molecular weight is 487 g/mol. The number of carbonyl (C=O) groups is 1. The summed E-state index contributed by atoms with van der Waals surface area (Å²) in [4.78, 5) is 13.8. The second-order valence-electron chi connectivity index (χ2n) is 6.66. The maximum absolute atomic E-state index is 12.5. The third kappa shape index (κ3) is 3.61. The number of fused-ring (bicyclic) bond motifs is 1. The lowest BCUT2D eigenvalue weighted by Gasteiger charge is -2.23. The van der Waals surface area contributed by atoms with Gasteiger partial charge in [0.2, 0.25) is 0 Å². The lowest BCUT2D eigenvalue weighted by molar-refractivity contribution is 0.0588. The van der Waals surface area contributed by atoms with E-state index in [9.17, 15) is 4.79 Å². The molecule has 26 heavy (non-hydrogen) atoms. The SMILES string of the molecule is CN(C(=O)OC(C)(C)C)c1nn(PI)c2cc(-n3cnnc3)cc(N)c12. The van der Waals surface area contributed by atoms with Gasteiger partial charge >= 0.3 is 6.09 Å². The van der Waals surface area contributed by atoms with Crippen LogP contribution < -0.4 is 10.6 Å². The summed E-state index contributed by atoms with van der Waals surface area (Å²) in [5.41, 5.74) is 7.88.